The Balaban J connectivity index is 2.45. The molecule has 0 saturated carbocycles. The summed E-state index contributed by atoms with van der Waals surface area (Å²) in [6.45, 7) is 0. The number of hydrogen-bond acceptors (Lipinski definition) is 3. The van der Waals surface area contributed by atoms with E-state index in [1.165, 1.54) is 12.1 Å². The molecule has 0 aliphatic carbocycles. The fourth-order valence-electron chi connectivity index (χ4n) is 1.53. The van der Waals surface area contributed by atoms with Crippen molar-refractivity contribution in [2.24, 2.45) is 5.73 Å². The second-order valence-corrected chi connectivity index (χ2v) is 5.59. The average Bonchev–Trinajstić information content (AvgIpc) is 2.37. The molecule has 20 heavy (non-hydrogen) atoms. The Kier molecular flexibility index (Phi) is 4.42. The van der Waals surface area contributed by atoms with Crippen LogP contribution in [0.25, 0.3) is 0 Å². The van der Waals surface area contributed by atoms with Crippen molar-refractivity contribution < 1.29 is 9.53 Å². The molecular weight excluding hydrogens is 367 g/mol. The zero-order chi connectivity index (χ0) is 14.9. The third-order valence-corrected chi connectivity index (χ3v) is 3.96. The molecule has 1 amide bonds. The maximum Gasteiger partial charge on any atom is 0.252 e. The van der Waals surface area contributed by atoms with Crippen LogP contribution in [0.5, 0.6) is 11.5 Å². The topological polar surface area (TPSA) is 78.3 Å². The van der Waals surface area contributed by atoms with Crippen molar-refractivity contribution in [2.45, 2.75) is 0 Å². The second-order valence-electron chi connectivity index (χ2n) is 3.92. The predicted octanol–water partition coefficient (Wildman–Crippen LogP) is 4.23. The van der Waals surface area contributed by atoms with Crippen LogP contribution in [-0.4, -0.2) is 5.91 Å². The van der Waals surface area contributed by atoms with E-state index in [9.17, 15) is 4.79 Å². The molecule has 0 aliphatic rings. The molecule has 0 atom stereocenters. The molecule has 0 bridgehead atoms. The Labute approximate surface area is 133 Å². The van der Waals surface area contributed by atoms with Gasteiger partial charge in [-0.15, -0.1) is 0 Å². The van der Waals surface area contributed by atoms with Crippen molar-refractivity contribution in [3.63, 3.8) is 0 Å². The number of carbonyl (C=O) groups is 1. The van der Waals surface area contributed by atoms with E-state index in [0.29, 0.717) is 26.0 Å². The molecule has 2 aromatic carbocycles. The maximum atomic E-state index is 11.4. The lowest BCUT2D eigenvalue weighted by molar-refractivity contribution is 0.0998. The Morgan fingerprint density at radius 1 is 1.10 bits per heavy atom. The number of ether oxygens (including phenoxy) is 1. The van der Waals surface area contributed by atoms with Crippen LogP contribution in [0.15, 0.2) is 34.8 Å². The van der Waals surface area contributed by atoms with E-state index in [2.05, 4.69) is 15.9 Å². The Hall–Kier alpha value is -1.43. The Bertz CT molecular complexity index is 692. The van der Waals surface area contributed by atoms with Gasteiger partial charge in [0.2, 0.25) is 0 Å². The van der Waals surface area contributed by atoms with E-state index < -0.39 is 5.91 Å². The van der Waals surface area contributed by atoms with Crippen LogP contribution in [0.2, 0.25) is 10.0 Å². The normalized spacial score (nSPS) is 10.3. The number of anilines is 1. The van der Waals surface area contributed by atoms with Gasteiger partial charge in [0, 0.05) is 16.2 Å². The first-order valence-electron chi connectivity index (χ1n) is 5.40. The van der Waals surface area contributed by atoms with E-state index in [1.54, 1.807) is 18.2 Å². The molecule has 0 aromatic heterocycles. The molecule has 0 saturated heterocycles. The molecule has 0 radical (unpaired) electrons. The molecule has 0 fully saturated rings. The number of halogens is 3. The first-order valence-corrected chi connectivity index (χ1v) is 6.95. The van der Waals surface area contributed by atoms with Crippen LogP contribution in [0, 0.1) is 0 Å². The largest absolute Gasteiger partial charge is 0.455 e. The number of benzene rings is 2. The maximum absolute atomic E-state index is 11.4. The molecule has 4 N–H and O–H groups in total. The molecule has 0 aliphatic heterocycles. The fourth-order valence-corrected chi connectivity index (χ4v) is 2.36. The van der Waals surface area contributed by atoms with Gasteiger partial charge < -0.3 is 16.2 Å². The number of hydrogen-bond donors (Lipinski definition) is 2. The smallest absolute Gasteiger partial charge is 0.252 e. The quantitative estimate of drug-likeness (QED) is 0.622. The second kappa shape index (κ2) is 5.91. The highest BCUT2D eigenvalue weighted by molar-refractivity contribution is 9.10. The summed E-state index contributed by atoms with van der Waals surface area (Å²) in [5, 5.41) is 0.772. The van der Waals surface area contributed by atoms with Gasteiger partial charge in [0.05, 0.1) is 15.6 Å². The summed E-state index contributed by atoms with van der Waals surface area (Å²) in [5.74, 6) is -0.0780. The van der Waals surface area contributed by atoms with Crippen molar-refractivity contribution in [3.05, 3.63) is 50.4 Å². The summed E-state index contributed by atoms with van der Waals surface area (Å²) in [6, 6.07) is 7.71. The fraction of sp³-hybridized carbons (Fsp3) is 0. The summed E-state index contributed by atoms with van der Waals surface area (Å²) < 4.78 is 6.24. The highest BCUT2D eigenvalue weighted by Crippen LogP contribution is 2.37. The highest BCUT2D eigenvalue weighted by Gasteiger charge is 2.14. The third kappa shape index (κ3) is 3.17. The monoisotopic (exact) mass is 374 g/mol. The number of amides is 1. The van der Waals surface area contributed by atoms with Crippen molar-refractivity contribution in [1.82, 2.24) is 0 Å². The number of rotatable bonds is 3. The first kappa shape index (κ1) is 15.0. The van der Waals surface area contributed by atoms with E-state index in [1.807, 2.05) is 0 Å². The minimum atomic E-state index is -0.647. The molecule has 0 spiro atoms. The van der Waals surface area contributed by atoms with E-state index in [-0.39, 0.29) is 11.3 Å². The molecule has 0 unspecified atom stereocenters. The number of nitrogen functional groups attached to an aromatic ring is 1. The molecule has 0 heterocycles. The van der Waals surface area contributed by atoms with Crippen LogP contribution in [0.4, 0.5) is 5.69 Å². The van der Waals surface area contributed by atoms with Gasteiger partial charge in [-0.3, -0.25) is 4.79 Å². The summed E-state index contributed by atoms with van der Waals surface area (Å²) in [5.41, 5.74) is 11.5. The SMILES string of the molecule is NC(=O)c1cc(N)ccc1Oc1cc(Cl)c(Br)cc1Cl. The van der Waals surface area contributed by atoms with Crippen LogP contribution < -0.4 is 16.2 Å². The van der Waals surface area contributed by atoms with Crippen molar-refractivity contribution in [2.75, 3.05) is 5.73 Å². The van der Waals surface area contributed by atoms with E-state index in [4.69, 9.17) is 39.4 Å². The highest BCUT2D eigenvalue weighted by atomic mass is 79.9. The lowest BCUT2D eigenvalue weighted by atomic mass is 10.1. The predicted molar refractivity (Wildman–Crippen MR) is 83.6 cm³/mol. The first-order chi connectivity index (χ1) is 9.38. The lowest BCUT2D eigenvalue weighted by Gasteiger charge is -2.12. The molecule has 2 aromatic rings. The van der Waals surface area contributed by atoms with Crippen molar-refractivity contribution in [1.29, 1.82) is 0 Å². The van der Waals surface area contributed by atoms with Gasteiger partial charge in [-0.25, -0.2) is 0 Å². The van der Waals surface area contributed by atoms with Gasteiger partial charge in [0.25, 0.3) is 5.91 Å². The number of nitrogens with two attached hydrogens (primary N) is 2. The van der Waals surface area contributed by atoms with E-state index >= 15 is 0 Å². The van der Waals surface area contributed by atoms with E-state index in [0.717, 1.165) is 0 Å². The molecule has 7 heteroatoms. The number of primary amides is 1. The Morgan fingerprint density at radius 3 is 2.45 bits per heavy atom. The molecule has 2 rings (SSSR count). The van der Waals surface area contributed by atoms with Crippen molar-refractivity contribution >= 4 is 50.7 Å². The van der Waals surface area contributed by atoms with Crippen LogP contribution in [-0.2, 0) is 0 Å². The average molecular weight is 376 g/mol. The summed E-state index contributed by atoms with van der Waals surface area (Å²) in [4.78, 5) is 11.4. The van der Waals surface area contributed by atoms with Gasteiger partial charge in [0.15, 0.2) is 0 Å². The number of carbonyl (C=O) groups excluding carboxylic acids is 1. The molecule has 104 valence electrons. The van der Waals surface area contributed by atoms with Gasteiger partial charge in [-0.1, -0.05) is 23.2 Å². The lowest BCUT2D eigenvalue weighted by Crippen LogP contribution is -2.12. The third-order valence-electron chi connectivity index (χ3n) is 2.46. The zero-order valence-electron chi connectivity index (χ0n) is 9.99. The molecular formula is C13H9BrCl2N2O2. The van der Waals surface area contributed by atoms with Crippen molar-refractivity contribution in [3.8, 4) is 11.5 Å². The summed E-state index contributed by atoms with van der Waals surface area (Å²) in [6.07, 6.45) is 0. The van der Waals surface area contributed by atoms with Gasteiger partial charge in [-0.05, 0) is 40.2 Å². The van der Waals surface area contributed by atoms with Gasteiger partial charge in [-0.2, -0.15) is 0 Å². The standard InChI is InChI=1S/C13H9BrCl2N2O2/c14-8-4-10(16)12(5-9(8)15)20-11-2-1-6(17)3-7(11)13(18)19/h1-5H,17H2,(H2,18,19). The van der Waals surface area contributed by atoms with Gasteiger partial charge >= 0.3 is 0 Å². The van der Waals surface area contributed by atoms with Crippen LogP contribution in [0.1, 0.15) is 10.4 Å². The zero-order valence-corrected chi connectivity index (χ0v) is 13.1. The minimum Gasteiger partial charge on any atom is -0.455 e. The summed E-state index contributed by atoms with van der Waals surface area (Å²) >= 11 is 15.3. The van der Waals surface area contributed by atoms with Crippen LogP contribution in [0.3, 0.4) is 0 Å². The van der Waals surface area contributed by atoms with Crippen LogP contribution >= 0.6 is 39.1 Å². The Morgan fingerprint density at radius 2 is 1.80 bits per heavy atom. The minimum absolute atomic E-state index is 0.167. The molecule has 4 nitrogen and oxygen atoms in total. The van der Waals surface area contributed by atoms with Gasteiger partial charge in [0.1, 0.15) is 11.5 Å². The summed E-state index contributed by atoms with van der Waals surface area (Å²) in [7, 11) is 0.